The molecule has 0 saturated heterocycles. The standard InChI is InChI=1S/C22H24N4O5S/c1-4-5-10-31-21-18(26(27)28)11-15(12-20(21)30-3)13-23-25-22-24-17(14-32-22)16-8-6-7-9-19(16)29-2/h6-9,11-14H,4-5,10H2,1-3H3,(H,24,25)/b23-13-. The third-order valence-corrected chi connectivity index (χ3v) is 5.23. The van der Waals surface area contributed by atoms with E-state index < -0.39 is 4.92 Å². The summed E-state index contributed by atoms with van der Waals surface area (Å²) in [5, 5.41) is 18.2. The first-order valence-corrected chi connectivity index (χ1v) is 10.8. The molecule has 1 N–H and O–H groups in total. The third-order valence-electron chi connectivity index (χ3n) is 4.48. The number of ether oxygens (including phenoxy) is 3. The molecule has 0 aliphatic heterocycles. The van der Waals surface area contributed by atoms with Crippen LogP contribution in [0.2, 0.25) is 0 Å². The fourth-order valence-corrected chi connectivity index (χ4v) is 3.56. The monoisotopic (exact) mass is 456 g/mol. The lowest BCUT2D eigenvalue weighted by atomic mass is 10.1. The van der Waals surface area contributed by atoms with Gasteiger partial charge in [0.1, 0.15) is 5.75 Å². The number of methoxy groups -OCH3 is 2. The first-order chi connectivity index (χ1) is 15.6. The summed E-state index contributed by atoms with van der Waals surface area (Å²) in [6, 6.07) is 10.6. The smallest absolute Gasteiger partial charge is 0.315 e. The average molecular weight is 457 g/mol. The van der Waals surface area contributed by atoms with E-state index >= 15 is 0 Å². The Morgan fingerprint density at radius 2 is 2.00 bits per heavy atom. The minimum Gasteiger partial charge on any atom is -0.496 e. The normalized spacial score (nSPS) is 10.8. The number of nitro groups is 1. The second-order valence-electron chi connectivity index (χ2n) is 6.64. The Morgan fingerprint density at radius 3 is 2.72 bits per heavy atom. The minimum absolute atomic E-state index is 0.123. The summed E-state index contributed by atoms with van der Waals surface area (Å²) < 4.78 is 16.3. The number of hydrogen-bond acceptors (Lipinski definition) is 9. The molecule has 0 saturated carbocycles. The largest absolute Gasteiger partial charge is 0.496 e. The highest BCUT2D eigenvalue weighted by Crippen LogP contribution is 2.38. The van der Waals surface area contributed by atoms with Crippen LogP contribution in [0.15, 0.2) is 46.9 Å². The number of nitrogens with zero attached hydrogens (tertiary/aromatic N) is 3. The molecule has 10 heteroatoms. The number of para-hydroxylation sites is 1. The van der Waals surface area contributed by atoms with Gasteiger partial charge in [-0.3, -0.25) is 15.5 Å². The second kappa shape index (κ2) is 11.1. The van der Waals surface area contributed by atoms with Crippen molar-refractivity contribution in [1.82, 2.24) is 4.98 Å². The molecule has 3 rings (SSSR count). The Bertz CT molecular complexity index is 1100. The van der Waals surface area contributed by atoms with Crippen LogP contribution in [0.3, 0.4) is 0 Å². The van der Waals surface area contributed by atoms with E-state index in [9.17, 15) is 10.1 Å². The van der Waals surface area contributed by atoms with Crippen molar-refractivity contribution in [3.63, 3.8) is 0 Å². The molecular formula is C22H24N4O5S. The Kier molecular flexibility index (Phi) is 7.98. The minimum atomic E-state index is -0.491. The maximum atomic E-state index is 11.6. The number of nitro benzene ring substituents is 1. The lowest BCUT2D eigenvalue weighted by Crippen LogP contribution is -2.03. The average Bonchev–Trinajstić information content (AvgIpc) is 3.28. The highest BCUT2D eigenvalue weighted by molar-refractivity contribution is 7.14. The summed E-state index contributed by atoms with van der Waals surface area (Å²) in [5.74, 6) is 1.13. The fraction of sp³-hybridized carbons (Fsp3) is 0.273. The van der Waals surface area contributed by atoms with Gasteiger partial charge in [-0.05, 0) is 24.6 Å². The topological polar surface area (TPSA) is 108 Å². The Balaban J connectivity index is 1.77. The number of thiazole rings is 1. The van der Waals surface area contributed by atoms with Crippen LogP contribution < -0.4 is 19.6 Å². The van der Waals surface area contributed by atoms with Crippen LogP contribution in [-0.2, 0) is 0 Å². The van der Waals surface area contributed by atoms with Gasteiger partial charge in [-0.1, -0.05) is 25.5 Å². The number of anilines is 1. The third kappa shape index (κ3) is 5.52. The lowest BCUT2D eigenvalue weighted by molar-refractivity contribution is -0.386. The Hall–Kier alpha value is -3.66. The van der Waals surface area contributed by atoms with E-state index in [2.05, 4.69) is 15.5 Å². The first-order valence-electron chi connectivity index (χ1n) is 9.94. The van der Waals surface area contributed by atoms with Crippen molar-refractivity contribution >= 4 is 28.4 Å². The molecule has 1 aromatic heterocycles. The highest BCUT2D eigenvalue weighted by atomic mass is 32.1. The zero-order valence-corrected chi connectivity index (χ0v) is 18.8. The van der Waals surface area contributed by atoms with Gasteiger partial charge in [-0.15, -0.1) is 11.3 Å². The molecule has 0 amide bonds. The van der Waals surface area contributed by atoms with E-state index in [0.717, 1.165) is 29.8 Å². The summed E-state index contributed by atoms with van der Waals surface area (Å²) in [7, 11) is 3.06. The highest BCUT2D eigenvalue weighted by Gasteiger charge is 2.22. The zero-order valence-electron chi connectivity index (χ0n) is 18.0. The molecule has 0 unspecified atom stereocenters. The molecule has 3 aromatic rings. The van der Waals surface area contributed by atoms with E-state index in [1.54, 1.807) is 13.2 Å². The maximum absolute atomic E-state index is 11.6. The van der Waals surface area contributed by atoms with Gasteiger partial charge in [0.2, 0.25) is 10.9 Å². The predicted octanol–water partition coefficient (Wildman–Crippen LogP) is 5.36. The van der Waals surface area contributed by atoms with Crippen LogP contribution >= 0.6 is 11.3 Å². The fourth-order valence-electron chi connectivity index (χ4n) is 2.90. The zero-order chi connectivity index (χ0) is 22.9. The summed E-state index contributed by atoms with van der Waals surface area (Å²) in [6.07, 6.45) is 3.18. The van der Waals surface area contributed by atoms with Gasteiger partial charge in [0.05, 0.1) is 37.7 Å². The summed E-state index contributed by atoms with van der Waals surface area (Å²) in [6.45, 7) is 2.39. The molecule has 0 atom stereocenters. The van der Waals surface area contributed by atoms with Crippen molar-refractivity contribution in [3.05, 3.63) is 57.5 Å². The van der Waals surface area contributed by atoms with Gasteiger partial charge in [-0.2, -0.15) is 5.10 Å². The van der Waals surface area contributed by atoms with Crippen molar-refractivity contribution in [2.24, 2.45) is 5.10 Å². The van der Waals surface area contributed by atoms with Gasteiger partial charge in [-0.25, -0.2) is 4.98 Å². The van der Waals surface area contributed by atoms with E-state index in [4.69, 9.17) is 14.2 Å². The SMILES string of the molecule is CCCCOc1c(OC)cc(/C=N\Nc2nc(-c3ccccc3OC)cs2)cc1[N+](=O)[O-]. The van der Waals surface area contributed by atoms with E-state index in [-0.39, 0.29) is 17.2 Å². The molecule has 32 heavy (non-hydrogen) atoms. The molecule has 0 aliphatic carbocycles. The van der Waals surface area contributed by atoms with Crippen LogP contribution in [-0.4, -0.2) is 36.9 Å². The predicted molar refractivity (Wildman–Crippen MR) is 125 cm³/mol. The van der Waals surface area contributed by atoms with Crippen molar-refractivity contribution in [3.8, 4) is 28.5 Å². The molecule has 168 valence electrons. The number of benzene rings is 2. The van der Waals surface area contributed by atoms with Gasteiger partial charge in [0, 0.05) is 22.6 Å². The van der Waals surface area contributed by atoms with Gasteiger partial charge in [0.25, 0.3) is 0 Å². The number of rotatable bonds is 11. The van der Waals surface area contributed by atoms with Crippen LogP contribution in [0.4, 0.5) is 10.8 Å². The van der Waals surface area contributed by atoms with Crippen LogP contribution in [0.1, 0.15) is 25.3 Å². The number of hydrogen-bond donors (Lipinski definition) is 1. The number of hydrazone groups is 1. The van der Waals surface area contributed by atoms with Gasteiger partial charge in [0.15, 0.2) is 5.75 Å². The van der Waals surface area contributed by atoms with Crippen molar-refractivity contribution < 1.29 is 19.1 Å². The van der Waals surface area contributed by atoms with Crippen LogP contribution in [0.25, 0.3) is 11.3 Å². The number of unbranched alkanes of at least 4 members (excludes halogenated alkanes) is 1. The van der Waals surface area contributed by atoms with Crippen LogP contribution in [0, 0.1) is 10.1 Å². The van der Waals surface area contributed by atoms with Crippen molar-refractivity contribution in [1.29, 1.82) is 0 Å². The van der Waals surface area contributed by atoms with Crippen molar-refractivity contribution in [2.45, 2.75) is 19.8 Å². The van der Waals surface area contributed by atoms with E-state index in [1.807, 2.05) is 36.6 Å². The molecule has 0 fully saturated rings. The van der Waals surface area contributed by atoms with Crippen molar-refractivity contribution in [2.75, 3.05) is 26.3 Å². The summed E-state index contributed by atoms with van der Waals surface area (Å²) in [5.41, 5.74) is 4.81. The first kappa shape index (κ1) is 23.0. The quantitative estimate of drug-likeness (QED) is 0.179. The van der Waals surface area contributed by atoms with Gasteiger partial charge < -0.3 is 14.2 Å². The second-order valence-corrected chi connectivity index (χ2v) is 7.50. The summed E-state index contributed by atoms with van der Waals surface area (Å²) >= 11 is 1.38. The Morgan fingerprint density at radius 1 is 1.22 bits per heavy atom. The molecule has 0 spiro atoms. The maximum Gasteiger partial charge on any atom is 0.315 e. The number of nitrogens with one attached hydrogen (secondary N) is 1. The molecule has 2 aromatic carbocycles. The molecule has 0 bridgehead atoms. The molecular weight excluding hydrogens is 432 g/mol. The molecule has 1 heterocycles. The molecule has 0 aliphatic rings. The lowest BCUT2D eigenvalue weighted by Gasteiger charge is -2.11. The summed E-state index contributed by atoms with van der Waals surface area (Å²) in [4.78, 5) is 15.6. The molecule has 9 nitrogen and oxygen atoms in total. The van der Waals surface area contributed by atoms with Crippen LogP contribution in [0.5, 0.6) is 17.2 Å². The Labute approximate surface area is 189 Å². The van der Waals surface area contributed by atoms with E-state index in [0.29, 0.717) is 17.3 Å². The number of aromatic nitrogens is 1. The van der Waals surface area contributed by atoms with Gasteiger partial charge >= 0.3 is 5.69 Å². The van der Waals surface area contributed by atoms with E-state index in [1.165, 1.54) is 30.7 Å². The molecule has 0 radical (unpaired) electrons.